The third-order valence-corrected chi connectivity index (χ3v) is 2.46. The molecule has 1 amide bonds. The van der Waals surface area contributed by atoms with Gasteiger partial charge in [-0.3, -0.25) is 4.79 Å². The highest BCUT2D eigenvalue weighted by atomic mass is 16.3. The number of hydrogen-bond acceptors (Lipinski definition) is 2. The first kappa shape index (κ1) is 12.7. The zero-order valence-corrected chi connectivity index (χ0v) is 9.81. The second-order valence-corrected chi connectivity index (χ2v) is 4.14. The van der Waals surface area contributed by atoms with Gasteiger partial charge < -0.3 is 10.4 Å². The van der Waals surface area contributed by atoms with E-state index in [4.69, 9.17) is 5.11 Å². The average molecular weight is 221 g/mol. The van der Waals surface area contributed by atoms with Crippen molar-refractivity contribution in [2.45, 2.75) is 26.3 Å². The number of carbonyl (C=O) groups is 1. The summed E-state index contributed by atoms with van der Waals surface area (Å²) in [5.74, 6) is -0.0211. The molecule has 0 saturated carbocycles. The van der Waals surface area contributed by atoms with Gasteiger partial charge in [0.1, 0.15) is 0 Å². The predicted octanol–water partition coefficient (Wildman–Crippen LogP) is 1.88. The molecule has 2 N–H and O–H groups in total. The number of aliphatic hydroxyl groups excluding tert-OH is 1. The van der Waals surface area contributed by atoms with Crippen LogP contribution in [0.15, 0.2) is 30.3 Å². The fourth-order valence-electron chi connectivity index (χ4n) is 1.48. The fourth-order valence-corrected chi connectivity index (χ4v) is 1.48. The molecule has 1 aromatic carbocycles. The Morgan fingerprint density at radius 3 is 2.44 bits per heavy atom. The van der Waals surface area contributed by atoms with E-state index >= 15 is 0 Å². The first-order chi connectivity index (χ1) is 7.65. The Balaban J connectivity index is 2.72. The number of aliphatic hydroxyl groups is 1. The lowest BCUT2D eigenvalue weighted by Crippen LogP contribution is -2.32. The first-order valence-electron chi connectivity index (χ1n) is 5.61. The molecule has 0 aliphatic rings. The fraction of sp³-hybridized carbons (Fsp3) is 0.462. The zero-order valence-electron chi connectivity index (χ0n) is 9.81. The van der Waals surface area contributed by atoms with Crippen LogP contribution in [-0.2, 0) is 4.79 Å². The Bertz CT molecular complexity index is 322. The van der Waals surface area contributed by atoms with Gasteiger partial charge in [-0.25, -0.2) is 0 Å². The molecule has 16 heavy (non-hydrogen) atoms. The lowest BCUT2D eigenvalue weighted by molar-refractivity contribution is -0.124. The highest BCUT2D eigenvalue weighted by molar-refractivity contribution is 5.78. The summed E-state index contributed by atoms with van der Waals surface area (Å²) in [5.41, 5.74) is 1.03. The molecule has 1 rings (SSSR count). The largest absolute Gasteiger partial charge is 0.396 e. The van der Waals surface area contributed by atoms with Crippen LogP contribution in [0.3, 0.4) is 0 Å². The highest BCUT2D eigenvalue weighted by Crippen LogP contribution is 2.16. The SMILES string of the molecule is CC(C)C(=O)NC(CCO)c1ccccc1. The number of carbonyl (C=O) groups excluding carboxylic acids is 1. The van der Waals surface area contributed by atoms with Crippen LogP contribution in [0, 0.1) is 5.92 Å². The summed E-state index contributed by atoms with van der Waals surface area (Å²) in [7, 11) is 0. The molecule has 1 aromatic rings. The van der Waals surface area contributed by atoms with Crippen LogP contribution < -0.4 is 5.32 Å². The summed E-state index contributed by atoms with van der Waals surface area (Å²) in [5, 5.41) is 11.9. The van der Waals surface area contributed by atoms with Crippen molar-refractivity contribution in [2.24, 2.45) is 5.92 Å². The highest BCUT2D eigenvalue weighted by Gasteiger charge is 2.15. The topological polar surface area (TPSA) is 49.3 Å². The summed E-state index contributed by atoms with van der Waals surface area (Å²) in [6, 6.07) is 9.62. The maximum absolute atomic E-state index is 11.6. The van der Waals surface area contributed by atoms with Gasteiger partial charge in [0, 0.05) is 12.5 Å². The van der Waals surface area contributed by atoms with Crippen molar-refractivity contribution in [1.82, 2.24) is 5.32 Å². The van der Waals surface area contributed by atoms with Gasteiger partial charge in [0.05, 0.1) is 6.04 Å². The Morgan fingerprint density at radius 1 is 1.31 bits per heavy atom. The van der Waals surface area contributed by atoms with Gasteiger partial charge in [-0.1, -0.05) is 44.2 Å². The van der Waals surface area contributed by atoms with Gasteiger partial charge in [0.25, 0.3) is 0 Å². The molecule has 0 spiro atoms. The molecule has 88 valence electrons. The van der Waals surface area contributed by atoms with Crippen LogP contribution >= 0.6 is 0 Å². The number of amides is 1. The van der Waals surface area contributed by atoms with Crippen LogP contribution in [0.1, 0.15) is 31.9 Å². The van der Waals surface area contributed by atoms with E-state index in [0.29, 0.717) is 6.42 Å². The molecule has 0 bridgehead atoms. The molecule has 0 aliphatic heterocycles. The molecular formula is C13H19NO2. The Morgan fingerprint density at radius 2 is 1.94 bits per heavy atom. The Kier molecular flexibility index (Phi) is 4.99. The molecule has 3 nitrogen and oxygen atoms in total. The number of nitrogens with one attached hydrogen (secondary N) is 1. The van der Waals surface area contributed by atoms with Crippen LogP contribution in [0.25, 0.3) is 0 Å². The lowest BCUT2D eigenvalue weighted by Gasteiger charge is -2.19. The number of rotatable bonds is 5. The lowest BCUT2D eigenvalue weighted by atomic mass is 10.0. The minimum Gasteiger partial charge on any atom is -0.396 e. The quantitative estimate of drug-likeness (QED) is 0.797. The molecule has 0 aromatic heterocycles. The maximum Gasteiger partial charge on any atom is 0.223 e. The van der Waals surface area contributed by atoms with Crippen molar-refractivity contribution in [2.75, 3.05) is 6.61 Å². The summed E-state index contributed by atoms with van der Waals surface area (Å²) in [6.07, 6.45) is 0.544. The smallest absolute Gasteiger partial charge is 0.223 e. The molecule has 0 heterocycles. The van der Waals surface area contributed by atoms with Crippen LogP contribution in [-0.4, -0.2) is 17.6 Å². The summed E-state index contributed by atoms with van der Waals surface area (Å²) in [4.78, 5) is 11.6. The van der Waals surface area contributed by atoms with E-state index in [9.17, 15) is 4.79 Å². The molecule has 0 fully saturated rings. The summed E-state index contributed by atoms with van der Waals surface area (Å²) < 4.78 is 0. The van der Waals surface area contributed by atoms with Gasteiger partial charge in [-0.05, 0) is 12.0 Å². The molecule has 0 aliphatic carbocycles. The normalized spacial score (nSPS) is 12.5. The van der Waals surface area contributed by atoms with Crippen molar-refractivity contribution >= 4 is 5.91 Å². The second-order valence-electron chi connectivity index (χ2n) is 4.14. The third-order valence-electron chi connectivity index (χ3n) is 2.46. The molecule has 3 heteroatoms. The van der Waals surface area contributed by atoms with Crippen molar-refractivity contribution in [3.63, 3.8) is 0 Å². The number of benzene rings is 1. The van der Waals surface area contributed by atoms with E-state index in [-0.39, 0.29) is 24.5 Å². The van der Waals surface area contributed by atoms with E-state index < -0.39 is 0 Å². The summed E-state index contributed by atoms with van der Waals surface area (Å²) >= 11 is 0. The van der Waals surface area contributed by atoms with Gasteiger partial charge >= 0.3 is 0 Å². The monoisotopic (exact) mass is 221 g/mol. The minimum absolute atomic E-state index is 0.0160. The molecule has 0 radical (unpaired) electrons. The van der Waals surface area contributed by atoms with E-state index in [1.807, 2.05) is 44.2 Å². The zero-order chi connectivity index (χ0) is 12.0. The van der Waals surface area contributed by atoms with Crippen LogP contribution in [0.5, 0.6) is 0 Å². The van der Waals surface area contributed by atoms with E-state index in [0.717, 1.165) is 5.56 Å². The average Bonchev–Trinajstić information content (AvgIpc) is 2.29. The first-order valence-corrected chi connectivity index (χ1v) is 5.61. The molecule has 1 unspecified atom stereocenters. The Hall–Kier alpha value is -1.35. The summed E-state index contributed by atoms with van der Waals surface area (Å²) in [6.45, 7) is 3.78. The van der Waals surface area contributed by atoms with Crippen LogP contribution in [0.4, 0.5) is 0 Å². The minimum atomic E-state index is -0.0962. The van der Waals surface area contributed by atoms with Crippen molar-refractivity contribution < 1.29 is 9.90 Å². The molecule has 1 atom stereocenters. The van der Waals surface area contributed by atoms with Crippen molar-refractivity contribution in [1.29, 1.82) is 0 Å². The van der Waals surface area contributed by atoms with Gasteiger partial charge in [-0.2, -0.15) is 0 Å². The second kappa shape index (κ2) is 6.28. The predicted molar refractivity (Wildman–Crippen MR) is 63.9 cm³/mol. The standard InChI is InChI=1S/C13H19NO2/c1-10(2)13(16)14-12(8-9-15)11-6-4-3-5-7-11/h3-7,10,12,15H,8-9H2,1-2H3,(H,14,16). The molecule has 0 saturated heterocycles. The third kappa shape index (κ3) is 3.66. The molecular weight excluding hydrogens is 202 g/mol. The van der Waals surface area contributed by atoms with Crippen LogP contribution in [0.2, 0.25) is 0 Å². The van der Waals surface area contributed by atoms with E-state index in [1.165, 1.54) is 0 Å². The van der Waals surface area contributed by atoms with E-state index in [2.05, 4.69) is 5.32 Å². The Labute approximate surface area is 96.5 Å². The van der Waals surface area contributed by atoms with Crippen molar-refractivity contribution in [3.05, 3.63) is 35.9 Å². The van der Waals surface area contributed by atoms with Gasteiger partial charge in [0.15, 0.2) is 0 Å². The van der Waals surface area contributed by atoms with E-state index in [1.54, 1.807) is 0 Å². The maximum atomic E-state index is 11.6. The van der Waals surface area contributed by atoms with Gasteiger partial charge in [0.2, 0.25) is 5.91 Å². The van der Waals surface area contributed by atoms with Gasteiger partial charge in [-0.15, -0.1) is 0 Å². The van der Waals surface area contributed by atoms with Crippen molar-refractivity contribution in [3.8, 4) is 0 Å². The number of hydrogen-bond donors (Lipinski definition) is 2.